The number of nitrogens with one attached hydrogen (secondary N) is 1. The summed E-state index contributed by atoms with van der Waals surface area (Å²) in [6.07, 6.45) is -1.09. The van der Waals surface area contributed by atoms with Crippen molar-refractivity contribution in [3.05, 3.63) is 35.4 Å². The smallest absolute Gasteiger partial charge is 0.328 e. The van der Waals surface area contributed by atoms with Crippen LogP contribution in [0.5, 0.6) is 0 Å². The third-order valence-corrected chi connectivity index (χ3v) is 3.01. The summed E-state index contributed by atoms with van der Waals surface area (Å²) >= 11 is 0. The van der Waals surface area contributed by atoms with Gasteiger partial charge in [0.25, 0.3) is 0 Å². The van der Waals surface area contributed by atoms with Crippen LogP contribution in [0.3, 0.4) is 0 Å². The van der Waals surface area contributed by atoms with Gasteiger partial charge >= 0.3 is 11.9 Å². The van der Waals surface area contributed by atoms with Crippen LogP contribution in [0.2, 0.25) is 0 Å². The van der Waals surface area contributed by atoms with Crippen LogP contribution in [-0.4, -0.2) is 36.6 Å². The molecule has 0 saturated heterocycles. The maximum atomic E-state index is 13.6. The minimum absolute atomic E-state index is 0.430. The van der Waals surface area contributed by atoms with Gasteiger partial charge in [-0.05, 0) is 32.9 Å². The van der Waals surface area contributed by atoms with Gasteiger partial charge in [0.05, 0.1) is 20.0 Å². The zero-order chi connectivity index (χ0) is 19.2. The van der Waals surface area contributed by atoms with E-state index in [1.807, 2.05) is 0 Å². The molecule has 6 nitrogen and oxygen atoms in total. The maximum Gasteiger partial charge on any atom is 0.328 e. The molecule has 1 atom stereocenters. The molecule has 0 saturated carbocycles. The van der Waals surface area contributed by atoms with Crippen molar-refractivity contribution in [2.24, 2.45) is 0 Å². The van der Waals surface area contributed by atoms with Crippen LogP contribution in [0.1, 0.15) is 32.8 Å². The maximum absolute atomic E-state index is 13.6. The molecular weight excluding hydrogens is 336 g/mol. The summed E-state index contributed by atoms with van der Waals surface area (Å²) in [5, 5.41) is 2.24. The second kappa shape index (κ2) is 8.55. The normalized spacial score (nSPS) is 12.2. The largest absolute Gasteiger partial charge is 0.467 e. The van der Waals surface area contributed by atoms with Crippen LogP contribution >= 0.6 is 0 Å². The molecule has 0 aliphatic carbocycles. The fraction of sp³-hybridized carbons (Fsp3) is 0.471. The van der Waals surface area contributed by atoms with Crippen molar-refractivity contribution in [3.63, 3.8) is 0 Å². The standard InChI is InChI=1S/C17H21F2NO5/c1-17(2,3)25-15(22)9-13(16(23)24-4)20-14(21)8-10-11(18)6-5-7-12(10)19/h5-7,13H,8-9H2,1-4H3,(H,20,21)/t13-/m0/s1. The van der Waals surface area contributed by atoms with Gasteiger partial charge in [0, 0.05) is 5.56 Å². The van der Waals surface area contributed by atoms with E-state index in [-0.39, 0.29) is 0 Å². The number of carbonyl (C=O) groups is 3. The quantitative estimate of drug-likeness (QED) is 0.787. The molecule has 1 aromatic carbocycles. The monoisotopic (exact) mass is 357 g/mol. The van der Waals surface area contributed by atoms with Crippen molar-refractivity contribution < 1.29 is 32.6 Å². The highest BCUT2D eigenvalue weighted by Gasteiger charge is 2.28. The molecule has 1 aromatic rings. The number of rotatable bonds is 6. The van der Waals surface area contributed by atoms with E-state index >= 15 is 0 Å². The highest BCUT2D eigenvalue weighted by molar-refractivity contribution is 5.88. The SMILES string of the molecule is COC(=O)[C@H](CC(=O)OC(C)(C)C)NC(=O)Cc1c(F)cccc1F. The van der Waals surface area contributed by atoms with Gasteiger partial charge in [-0.15, -0.1) is 0 Å². The minimum atomic E-state index is -1.32. The number of esters is 2. The molecule has 8 heteroatoms. The molecule has 0 spiro atoms. The summed E-state index contributed by atoms with van der Waals surface area (Å²) in [6, 6.07) is 1.89. The first-order valence-electron chi connectivity index (χ1n) is 7.55. The highest BCUT2D eigenvalue weighted by atomic mass is 19.1. The lowest BCUT2D eigenvalue weighted by atomic mass is 10.1. The molecule has 1 N–H and O–H groups in total. The molecule has 25 heavy (non-hydrogen) atoms. The van der Waals surface area contributed by atoms with Crippen LogP contribution in [0.15, 0.2) is 18.2 Å². The van der Waals surface area contributed by atoms with Crippen LogP contribution in [0.25, 0.3) is 0 Å². The average molecular weight is 357 g/mol. The Morgan fingerprint density at radius 1 is 1.16 bits per heavy atom. The Bertz CT molecular complexity index is 635. The van der Waals surface area contributed by atoms with E-state index in [1.165, 1.54) is 6.07 Å². The van der Waals surface area contributed by atoms with Crippen LogP contribution in [0, 0.1) is 11.6 Å². The number of hydrogen-bond donors (Lipinski definition) is 1. The summed E-state index contributed by atoms with van der Waals surface area (Å²) < 4.78 is 36.8. The van der Waals surface area contributed by atoms with Crippen molar-refractivity contribution >= 4 is 17.8 Å². The predicted octanol–water partition coefficient (Wildman–Crippen LogP) is 1.90. The summed E-state index contributed by atoms with van der Waals surface area (Å²) in [5.74, 6) is -4.18. The minimum Gasteiger partial charge on any atom is -0.467 e. The number of hydrogen-bond acceptors (Lipinski definition) is 5. The van der Waals surface area contributed by atoms with Crippen LogP contribution < -0.4 is 5.32 Å². The lowest BCUT2D eigenvalue weighted by Gasteiger charge is -2.22. The Labute approximate surface area is 144 Å². The van der Waals surface area contributed by atoms with Gasteiger partial charge in [-0.3, -0.25) is 9.59 Å². The Hall–Kier alpha value is -2.51. The zero-order valence-corrected chi connectivity index (χ0v) is 14.5. The van der Waals surface area contributed by atoms with E-state index in [9.17, 15) is 23.2 Å². The van der Waals surface area contributed by atoms with Gasteiger partial charge < -0.3 is 14.8 Å². The van der Waals surface area contributed by atoms with E-state index in [2.05, 4.69) is 10.1 Å². The summed E-state index contributed by atoms with van der Waals surface area (Å²) in [4.78, 5) is 35.6. The molecule has 0 aromatic heterocycles. The van der Waals surface area contributed by atoms with E-state index in [0.717, 1.165) is 19.2 Å². The van der Waals surface area contributed by atoms with Crippen molar-refractivity contribution in [1.29, 1.82) is 0 Å². The molecule has 0 unspecified atom stereocenters. The molecule has 0 aliphatic heterocycles. The van der Waals surface area contributed by atoms with Gasteiger partial charge in [0.1, 0.15) is 23.3 Å². The first kappa shape index (κ1) is 20.5. The summed E-state index contributed by atoms with van der Waals surface area (Å²) in [5.41, 5.74) is -1.20. The summed E-state index contributed by atoms with van der Waals surface area (Å²) in [7, 11) is 1.09. The molecular formula is C17H21F2NO5. The number of halogens is 2. The third kappa shape index (κ3) is 6.86. The Morgan fingerprint density at radius 3 is 2.20 bits per heavy atom. The van der Waals surface area contributed by atoms with Crippen molar-refractivity contribution in [1.82, 2.24) is 5.32 Å². The van der Waals surface area contributed by atoms with E-state index in [0.29, 0.717) is 0 Å². The lowest BCUT2D eigenvalue weighted by Crippen LogP contribution is -2.44. The molecule has 138 valence electrons. The predicted molar refractivity (Wildman–Crippen MR) is 84.5 cm³/mol. The highest BCUT2D eigenvalue weighted by Crippen LogP contribution is 2.13. The molecule has 0 bridgehead atoms. The Balaban J connectivity index is 2.79. The van der Waals surface area contributed by atoms with Gasteiger partial charge in [-0.25, -0.2) is 13.6 Å². The Kier molecular flexibility index (Phi) is 7.02. The van der Waals surface area contributed by atoms with Gasteiger partial charge in [-0.1, -0.05) is 6.07 Å². The van der Waals surface area contributed by atoms with E-state index < -0.39 is 59.5 Å². The summed E-state index contributed by atoms with van der Waals surface area (Å²) in [6.45, 7) is 4.95. The van der Waals surface area contributed by atoms with Crippen molar-refractivity contribution in [2.45, 2.75) is 45.3 Å². The topological polar surface area (TPSA) is 81.7 Å². The van der Waals surface area contributed by atoms with Crippen LogP contribution in [0.4, 0.5) is 8.78 Å². The molecule has 0 heterocycles. The van der Waals surface area contributed by atoms with Crippen molar-refractivity contribution in [3.8, 4) is 0 Å². The average Bonchev–Trinajstić information content (AvgIpc) is 2.47. The molecule has 0 radical (unpaired) electrons. The van der Waals surface area contributed by atoms with Crippen molar-refractivity contribution in [2.75, 3.05) is 7.11 Å². The lowest BCUT2D eigenvalue weighted by molar-refractivity contribution is -0.159. The fourth-order valence-electron chi connectivity index (χ4n) is 1.99. The third-order valence-electron chi connectivity index (χ3n) is 3.01. The van der Waals surface area contributed by atoms with Crippen LogP contribution in [-0.2, 0) is 30.3 Å². The number of benzene rings is 1. The first-order valence-corrected chi connectivity index (χ1v) is 7.55. The van der Waals surface area contributed by atoms with Gasteiger partial charge in [-0.2, -0.15) is 0 Å². The second-order valence-corrected chi connectivity index (χ2v) is 6.31. The Morgan fingerprint density at radius 2 is 1.72 bits per heavy atom. The second-order valence-electron chi connectivity index (χ2n) is 6.31. The first-order chi connectivity index (χ1) is 11.5. The van der Waals surface area contributed by atoms with Gasteiger partial charge in [0.15, 0.2) is 0 Å². The number of amides is 1. The molecule has 1 amide bonds. The van der Waals surface area contributed by atoms with Gasteiger partial charge in [0.2, 0.25) is 5.91 Å². The molecule has 1 rings (SSSR count). The molecule has 0 aliphatic rings. The fourth-order valence-corrected chi connectivity index (χ4v) is 1.99. The van der Waals surface area contributed by atoms with E-state index in [4.69, 9.17) is 4.74 Å². The number of ether oxygens (including phenoxy) is 2. The zero-order valence-electron chi connectivity index (χ0n) is 14.5. The number of methoxy groups -OCH3 is 1. The number of carbonyl (C=O) groups excluding carboxylic acids is 3. The molecule has 0 fully saturated rings. The van der Waals surface area contributed by atoms with E-state index in [1.54, 1.807) is 20.8 Å².